The molecule has 0 saturated carbocycles. The summed E-state index contributed by atoms with van der Waals surface area (Å²) >= 11 is 0. The molecule has 2 rings (SSSR count). The van der Waals surface area contributed by atoms with Gasteiger partial charge in [-0.25, -0.2) is 13.1 Å². The molecule has 18 heavy (non-hydrogen) atoms. The van der Waals surface area contributed by atoms with Crippen LogP contribution in [0.4, 0.5) is 0 Å². The number of nitrogens with one attached hydrogen (secondary N) is 1. The molecule has 1 unspecified atom stereocenters. The van der Waals surface area contributed by atoms with Gasteiger partial charge >= 0.3 is 0 Å². The van der Waals surface area contributed by atoms with E-state index in [1.54, 1.807) is 13.8 Å². The molecule has 1 aliphatic heterocycles. The number of hydrogen-bond donors (Lipinski definition) is 2. The minimum Gasteiger partial charge on any atom is -0.465 e. The smallest absolute Gasteiger partial charge is 0.244 e. The Hall–Kier alpha value is -0.890. The van der Waals surface area contributed by atoms with Crippen molar-refractivity contribution < 1.29 is 17.6 Å². The lowest BCUT2D eigenvalue weighted by molar-refractivity contribution is 0.192. The van der Waals surface area contributed by atoms with E-state index >= 15 is 0 Å². The summed E-state index contributed by atoms with van der Waals surface area (Å²) in [7, 11) is -3.60. The molecule has 6 nitrogen and oxygen atoms in total. The summed E-state index contributed by atoms with van der Waals surface area (Å²) < 4.78 is 37.8. The molecule has 1 aliphatic rings. The summed E-state index contributed by atoms with van der Waals surface area (Å²) in [4.78, 5) is 0.175. The summed E-state index contributed by atoms with van der Waals surface area (Å²) in [5, 5.41) is 0. The van der Waals surface area contributed by atoms with Gasteiger partial charge in [-0.05, 0) is 20.3 Å². The molecule has 0 radical (unpaired) electrons. The van der Waals surface area contributed by atoms with E-state index in [2.05, 4.69) is 4.72 Å². The van der Waals surface area contributed by atoms with E-state index in [1.165, 1.54) is 0 Å². The summed E-state index contributed by atoms with van der Waals surface area (Å²) in [6.07, 6.45) is 0.688. The second-order valence-electron chi connectivity index (χ2n) is 4.41. The molecule has 0 aliphatic carbocycles. The van der Waals surface area contributed by atoms with Gasteiger partial charge in [0.15, 0.2) is 0 Å². The molecule has 2 heterocycles. The predicted octanol–water partition coefficient (Wildman–Crippen LogP) is 0.422. The van der Waals surface area contributed by atoms with Gasteiger partial charge in [-0.15, -0.1) is 0 Å². The third-order valence-corrected chi connectivity index (χ3v) is 4.76. The van der Waals surface area contributed by atoms with E-state index in [0.29, 0.717) is 36.7 Å². The van der Waals surface area contributed by atoms with Gasteiger partial charge in [-0.3, -0.25) is 0 Å². The first kappa shape index (κ1) is 13.5. The average Bonchev–Trinajstić information content (AvgIpc) is 2.85. The minimum atomic E-state index is -3.60. The van der Waals surface area contributed by atoms with Crippen LogP contribution in [-0.2, 0) is 21.3 Å². The van der Waals surface area contributed by atoms with Crippen molar-refractivity contribution in [2.45, 2.75) is 37.8 Å². The summed E-state index contributed by atoms with van der Waals surface area (Å²) in [6.45, 7) is 4.48. The molecule has 1 saturated heterocycles. The second-order valence-corrected chi connectivity index (χ2v) is 6.06. The lowest BCUT2D eigenvalue weighted by atomic mass is 10.2. The first-order valence-electron chi connectivity index (χ1n) is 5.84. The normalized spacial score (nSPS) is 20.5. The van der Waals surface area contributed by atoms with E-state index in [-0.39, 0.29) is 17.5 Å². The largest absolute Gasteiger partial charge is 0.465 e. The Balaban J connectivity index is 2.34. The molecule has 1 aromatic heterocycles. The van der Waals surface area contributed by atoms with E-state index in [1.807, 2.05) is 0 Å². The highest BCUT2D eigenvalue weighted by molar-refractivity contribution is 7.89. The molecule has 0 amide bonds. The van der Waals surface area contributed by atoms with Crippen LogP contribution in [0.15, 0.2) is 9.31 Å². The lowest BCUT2D eigenvalue weighted by Gasteiger charge is -2.11. The third-order valence-electron chi connectivity index (χ3n) is 3.05. The van der Waals surface area contributed by atoms with Crippen LogP contribution in [0.2, 0.25) is 0 Å². The summed E-state index contributed by atoms with van der Waals surface area (Å²) in [6, 6.07) is -0.171. The maximum absolute atomic E-state index is 12.3. The molecular formula is C11H18N2O4S. The topological polar surface area (TPSA) is 94.6 Å². The molecular weight excluding hydrogens is 256 g/mol. The Kier molecular flexibility index (Phi) is 3.76. The monoisotopic (exact) mass is 274 g/mol. The summed E-state index contributed by atoms with van der Waals surface area (Å²) in [5.41, 5.74) is 6.13. The van der Waals surface area contributed by atoms with Crippen LogP contribution in [0.25, 0.3) is 0 Å². The zero-order valence-electron chi connectivity index (χ0n) is 10.5. The van der Waals surface area contributed by atoms with E-state index in [4.69, 9.17) is 14.9 Å². The van der Waals surface area contributed by atoms with Crippen molar-refractivity contribution in [1.82, 2.24) is 4.72 Å². The number of hydrogen-bond acceptors (Lipinski definition) is 5. The van der Waals surface area contributed by atoms with Crippen LogP contribution >= 0.6 is 0 Å². The number of nitrogens with two attached hydrogens (primary N) is 1. The van der Waals surface area contributed by atoms with Crippen LogP contribution in [0, 0.1) is 13.8 Å². The lowest BCUT2D eigenvalue weighted by Crippen LogP contribution is -2.35. The van der Waals surface area contributed by atoms with E-state index < -0.39 is 10.0 Å². The van der Waals surface area contributed by atoms with E-state index in [0.717, 1.165) is 0 Å². The third kappa shape index (κ3) is 2.44. The van der Waals surface area contributed by atoms with Gasteiger partial charge in [0.25, 0.3) is 0 Å². The number of aryl methyl sites for hydroxylation is 2. The van der Waals surface area contributed by atoms with Crippen LogP contribution in [-0.4, -0.2) is 27.7 Å². The van der Waals surface area contributed by atoms with Gasteiger partial charge in [-0.2, -0.15) is 0 Å². The molecule has 102 valence electrons. The fourth-order valence-electron chi connectivity index (χ4n) is 2.20. The molecule has 3 N–H and O–H groups in total. The van der Waals surface area contributed by atoms with Crippen molar-refractivity contribution in [1.29, 1.82) is 0 Å². The van der Waals surface area contributed by atoms with Crippen LogP contribution in [0.5, 0.6) is 0 Å². The molecule has 0 spiro atoms. The average molecular weight is 274 g/mol. The molecule has 1 atom stereocenters. The minimum absolute atomic E-state index is 0.139. The molecule has 0 bridgehead atoms. The highest BCUT2D eigenvalue weighted by Gasteiger charge is 2.29. The highest BCUT2D eigenvalue weighted by Crippen LogP contribution is 2.26. The van der Waals surface area contributed by atoms with Gasteiger partial charge < -0.3 is 14.9 Å². The number of ether oxygens (including phenoxy) is 1. The molecule has 7 heteroatoms. The first-order valence-corrected chi connectivity index (χ1v) is 7.33. The van der Waals surface area contributed by atoms with Gasteiger partial charge in [0.1, 0.15) is 16.4 Å². The number of rotatable bonds is 4. The number of sulfonamides is 1. The van der Waals surface area contributed by atoms with Crippen molar-refractivity contribution in [3.05, 3.63) is 17.1 Å². The van der Waals surface area contributed by atoms with Gasteiger partial charge in [0, 0.05) is 24.8 Å². The first-order chi connectivity index (χ1) is 8.45. The van der Waals surface area contributed by atoms with E-state index in [9.17, 15) is 8.42 Å². The SMILES string of the molecule is Cc1oc(C)c(S(=O)(=O)NC2CCOC2)c1CN. The molecule has 1 aromatic rings. The Morgan fingerprint density at radius 2 is 2.11 bits per heavy atom. The zero-order chi connectivity index (χ0) is 13.3. The standard InChI is InChI=1S/C11H18N2O4S/c1-7-10(5-12)11(8(2)17-7)18(14,15)13-9-3-4-16-6-9/h9,13H,3-6,12H2,1-2H3. The van der Waals surface area contributed by atoms with Gasteiger partial charge in [-0.1, -0.05) is 0 Å². The van der Waals surface area contributed by atoms with Crippen LogP contribution < -0.4 is 10.5 Å². The molecule has 0 aromatic carbocycles. The van der Waals surface area contributed by atoms with Crippen molar-refractivity contribution >= 4 is 10.0 Å². The maximum atomic E-state index is 12.3. The van der Waals surface area contributed by atoms with Crippen molar-refractivity contribution in [3.8, 4) is 0 Å². The van der Waals surface area contributed by atoms with Crippen LogP contribution in [0.3, 0.4) is 0 Å². The van der Waals surface area contributed by atoms with Crippen molar-refractivity contribution in [3.63, 3.8) is 0 Å². The predicted molar refractivity (Wildman–Crippen MR) is 65.6 cm³/mol. The Morgan fingerprint density at radius 3 is 2.67 bits per heavy atom. The molecule has 1 fully saturated rings. The van der Waals surface area contributed by atoms with Gasteiger partial charge in [0.2, 0.25) is 10.0 Å². The quantitative estimate of drug-likeness (QED) is 0.830. The van der Waals surface area contributed by atoms with Crippen molar-refractivity contribution in [2.24, 2.45) is 5.73 Å². The van der Waals surface area contributed by atoms with Crippen molar-refractivity contribution in [2.75, 3.05) is 13.2 Å². The maximum Gasteiger partial charge on any atom is 0.244 e. The Bertz CT molecular complexity index is 529. The second kappa shape index (κ2) is 5.00. The Morgan fingerprint density at radius 1 is 1.39 bits per heavy atom. The van der Waals surface area contributed by atoms with Crippen LogP contribution in [0.1, 0.15) is 23.5 Å². The Labute approximate surface area is 107 Å². The highest BCUT2D eigenvalue weighted by atomic mass is 32.2. The zero-order valence-corrected chi connectivity index (χ0v) is 11.3. The van der Waals surface area contributed by atoms with Gasteiger partial charge in [0.05, 0.1) is 6.61 Å². The fourth-order valence-corrected chi connectivity index (χ4v) is 3.92. The fraction of sp³-hybridized carbons (Fsp3) is 0.636. The summed E-state index contributed by atoms with van der Waals surface area (Å²) in [5.74, 6) is 0.928. The number of furan rings is 1.